The number of benzene rings is 1. The highest BCUT2D eigenvalue weighted by atomic mass is 16.1. The Morgan fingerprint density at radius 3 is 2.75 bits per heavy atom. The Labute approximate surface area is 95.7 Å². The van der Waals surface area contributed by atoms with E-state index in [0.717, 1.165) is 23.2 Å². The smallest absolute Gasteiger partial charge is 0.134 e. The number of hydrogen-bond donors (Lipinski definition) is 1. The van der Waals surface area contributed by atoms with E-state index in [2.05, 4.69) is 30.1 Å². The van der Waals surface area contributed by atoms with Gasteiger partial charge >= 0.3 is 0 Å². The Morgan fingerprint density at radius 1 is 1.38 bits per heavy atom. The molecule has 2 rings (SSSR count). The molecule has 0 unspecified atom stereocenters. The molecule has 1 aromatic carbocycles. The van der Waals surface area contributed by atoms with Crippen LogP contribution in [0.2, 0.25) is 0 Å². The van der Waals surface area contributed by atoms with Gasteiger partial charge < -0.3 is 4.98 Å². The van der Waals surface area contributed by atoms with Crippen molar-refractivity contribution in [2.75, 3.05) is 0 Å². The number of fused-ring (bicyclic) bond motifs is 1. The van der Waals surface area contributed by atoms with Crippen LogP contribution in [0.4, 0.5) is 0 Å². The predicted octanol–water partition coefficient (Wildman–Crippen LogP) is 3.17. The lowest BCUT2D eigenvalue weighted by Gasteiger charge is -2.00. The zero-order valence-corrected chi connectivity index (χ0v) is 10.1. The van der Waals surface area contributed by atoms with Crippen molar-refractivity contribution in [1.29, 1.82) is 0 Å². The van der Waals surface area contributed by atoms with Crippen molar-refractivity contribution >= 4 is 16.7 Å². The lowest BCUT2D eigenvalue weighted by atomic mass is 10.0. The number of carbonyl (C=O) groups is 1. The molecule has 0 fully saturated rings. The molecule has 0 spiro atoms. The average Bonchev–Trinajstić information content (AvgIpc) is 2.54. The van der Waals surface area contributed by atoms with Gasteiger partial charge in [-0.05, 0) is 43.5 Å². The van der Waals surface area contributed by atoms with E-state index in [1.54, 1.807) is 6.92 Å². The third-order valence-corrected chi connectivity index (χ3v) is 3.02. The van der Waals surface area contributed by atoms with E-state index in [4.69, 9.17) is 0 Å². The van der Waals surface area contributed by atoms with Crippen LogP contribution in [0.5, 0.6) is 0 Å². The van der Waals surface area contributed by atoms with Crippen molar-refractivity contribution in [3.63, 3.8) is 0 Å². The number of aromatic amines is 1. The first-order chi connectivity index (χ1) is 7.61. The van der Waals surface area contributed by atoms with Crippen LogP contribution in [-0.4, -0.2) is 10.8 Å². The van der Waals surface area contributed by atoms with E-state index in [-0.39, 0.29) is 5.78 Å². The number of ketones is 1. The number of H-pyrrole nitrogens is 1. The Kier molecular flexibility index (Phi) is 2.82. The van der Waals surface area contributed by atoms with Crippen LogP contribution < -0.4 is 0 Å². The number of hydrogen-bond acceptors (Lipinski definition) is 1. The maximum atomic E-state index is 11.2. The second-order valence-electron chi connectivity index (χ2n) is 4.34. The van der Waals surface area contributed by atoms with Gasteiger partial charge in [-0.25, -0.2) is 0 Å². The van der Waals surface area contributed by atoms with E-state index in [1.165, 1.54) is 10.9 Å². The quantitative estimate of drug-likeness (QED) is 0.838. The fourth-order valence-corrected chi connectivity index (χ4v) is 2.13. The predicted molar refractivity (Wildman–Crippen MR) is 66.8 cm³/mol. The van der Waals surface area contributed by atoms with Crippen molar-refractivity contribution in [2.24, 2.45) is 0 Å². The molecule has 0 aliphatic heterocycles. The second kappa shape index (κ2) is 4.12. The molecule has 0 saturated heterocycles. The fourth-order valence-electron chi connectivity index (χ4n) is 2.13. The van der Waals surface area contributed by atoms with Crippen molar-refractivity contribution < 1.29 is 4.79 Å². The first-order valence-electron chi connectivity index (χ1n) is 5.71. The normalized spacial score (nSPS) is 10.9. The monoisotopic (exact) mass is 215 g/mol. The number of nitrogens with one attached hydrogen (secondary N) is 1. The summed E-state index contributed by atoms with van der Waals surface area (Å²) in [6, 6.07) is 6.43. The molecule has 0 atom stereocenters. The summed E-state index contributed by atoms with van der Waals surface area (Å²) in [4.78, 5) is 14.6. The summed E-state index contributed by atoms with van der Waals surface area (Å²) in [5.41, 5.74) is 4.71. The van der Waals surface area contributed by atoms with Crippen LogP contribution in [0.15, 0.2) is 18.2 Å². The molecule has 2 nitrogen and oxygen atoms in total. The van der Waals surface area contributed by atoms with Crippen molar-refractivity contribution in [3.05, 3.63) is 35.0 Å². The average molecular weight is 215 g/mol. The zero-order chi connectivity index (χ0) is 11.7. The molecule has 1 aromatic heterocycles. The van der Waals surface area contributed by atoms with E-state index in [9.17, 15) is 4.79 Å². The van der Waals surface area contributed by atoms with Gasteiger partial charge in [0.1, 0.15) is 5.78 Å². The maximum Gasteiger partial charge on any atom is 0.134 e. The molecule has 0 bridgehead atoms. The maximum absolute atomic E-state index is 11.2. The minimum absolute atomic E-state index is 0.214. The summed E-state index contributed by atoms with van der Waals surface area (Å²) in [7, 11) is 0. The molecule has 16 heavy (non-hydrogen) atoms. The summed E-state index contributed by atoms with van der Waals surface area (Å²) >= 11 is 0. The lowest BCUT2D eigenvalue weighted by Crippen LogP contribution is -1.97. The molecule has 84 valence electrons. The molecule has 0 radical (unpaired) electrons. The number of aryl methyl sites for hydroxylation is 2. The molecular formula is C14H17NO. The standard InChI is InChI=1S/C14H17NO/c1-4-11-5-6-14-13(8-11)12(7-9(2)16)10(3)15-14/h5-6,8,15H,4,7H2,1-3H3. The van der Waals surface area contributed by atoms with Gasteiger partial charge in [-0.2, -0.15) is 0 Å². The number of rotatable bonds is 3. The number of carbonyl (C=O) groups excluding carboxylic acids is 1. The Balaban J connectivity index is 2.61. The summed E-state index contributed by atoms with van der Waals surface area (Å²) < 4.78 is 0. The summed E-state index contributed by atoms with van der Waals surface area (Å²) in [6.45, 7) is 5.82. The van der Waals surface area contributed by atoms with Gasteiger partial charge in [-0.1, -0.05) is 13.0 Å². The Hall–Kier alpha value is -1.57. The first-order valence-corrected chi connectivity index (χ1v) is 5.71. The largest absolute Gasteiger partial charge is 0.358 e. The third kappa shape index (κ3) is 1.87. The summed E-state index contributed by atoms with van der Waals surface area (Å²) in [5, 5.41) is 1.20. The summed E-state index contributed by atoms with van der Waals surface area (Å²) in [6.07, 6.45) is 1.55. The molecule has 2 aromatic rings. The highest BCUT2D eigenvalue weighted by Gasteiger charge is 2.10. The van der Waals surface area contributed by atoms with E-state index in [1.807, 2.05) is 6.92 Å². The van der Waals surface area contributed by atoms with E-state index >= 15 is 0 Å². The van der Waals surface area contributed by atoms with E-state index in [0.29, 0.717) is 6.42 Å². The van der Waals surface area contributed by atoms with E-state index < -0.39 is 0 Å². The second-order valence-corrected chi connectivity index (χ2v) is 4.34. The van der Waals surface area contributed by atoms with Crippen LogP contribution in [0.1, 0.15) is 30.7 Å². The van der Waals surface area contributed by atoms with Gasteiger partial charge in [0.2, 0.25) is 0 Å². The fraction of sp³-hybridized carbons (Fsp3) is 0.357. The number of aromatic nitrogens is 1. The minimum Gasteiger partial charge on any atom is -0.358 e. The van der Waals surface area contributed by atoms with Crippen LogP contribution >= 0.6 is 0 Å². The highest BCUT2D eigenvalue weighted by molar-refractivity contribution is 5.90. The van der Waals surface area contributed by atoms with Gasteiger partial charge in [0.05, 0.1) is 0 Å². The van der Waals surface area contributed by atoms with Gasteiger partial charge in [0.15, 0.2) is 0 Å². The molecule has 0 saturated carbocycles. The van der Waals surface area contributed by atoms with Crippen LogP contribution in [0, 0.1) is 6.92 Å². The lowest BCUT2D eigenvalue weighted by molar-refractivity contribution is -0.116. The van der Waals surface area contributed by atoms with Crippen molar-refractivity contribution in [3.8, 4) is 0 Å². The highest BCUT2D eigenvalue weighted by Crippen LogP contribution is 2.24. The molecule has 1 N–H and O–H groups in total. The molecule has 0 aliphatic carbocycles. The van der Waals surface area contributed by atoms with Gasteiger partial charge in [0, 0.05) is 23.0 Å². The third-order valence-electron chi connectivity index (χ3n) is 3.02. The molecule has 0 aliphatic rings. The molecule has 2 heteroatoms. The van der Waals surface area contributed by atoms with Crippen LogP contribution in [0.3, 0.4) is 0 Å². The molecule has 0 amide bonds. The zero-order valence-electron chi connectivity index (χ0n) is 10.1. The van der Waals surface area contributed by atoms with Crippen LogP contribution in [-0.2, 0) is 17.6 Å². The van der Waals surface area contributed by atoms with Gasteiger partial charge in [0.25, 0.3) is 0 Å². The minimum atomic E-state index is 0.214. The Bertz CT molecular complexity index is 537. The van der Waals surface area contributed by atoms with Crippen LogP contribution in [0.25, 0.3) is 10.9 Å². The topological polar surface area (TPSA) is 32.9 Å². The first kappa shape index (κ1) is 10.9. The number of Topliss-reactive ketones (excluding diaryl/α,β-unsaturated/α-hetero) is 1. The van der Waals surface area contributed by atoms with Crippen molar-refractivity contribution in [1.82, 2.24) is 4.98 Å². The van der Waals surface area contributed by atoms with Gasteiger partial charge in [-0.3, -0.25) is 4.79 Å². The van der Waals surface area contributed by atoms with Gasteiger partial charge in [-0.15, -0.1) is 0 Å². The SMILES string of the molecule is CCc1ccc2[nH]c(C)c(CC(C)=O)c2c1. The molecular weight excluding hydrogens is 198 g/mol. The molecule has 1 heterocycles. The Morgan fingerprint density at radius 2 is 2.12 bits per heavy atom. The van der Waals surface area contributed by atoms with Crippen molar-refractivity contribution in [2.45, 2.75) is 33.6 Å². The summed E-state index contributed by atoms with van der Waals surface area (Å²) in [5.74, 6) is 0.214.